The standard InChI is InChI=1S/C21H23N5O2/c1-12-4-2-6-16-17(12)24-19(23-16)14-5-3-9-26(11-14)21(28)15-10-22-18(13-7-8-13)25-20(15)27/h2,4,6,10,13-14H,3,5,7-9,11H2,1H3,(H,23,24)(H,22,25,27)/t14-/m0/s1. The molecule has 0 radical (unpaired) electrons. The van der Waals surface area contributed by atoms with Crippen LogP contribution in [0.15, 0.2) is 29.2 Å². The molecule has 2 aliphatic rings. The Hall–Kier alpha value is -2.96. The number of likely N-dealkylation sites (tertiary alicyclic amines) is 1. The highest BCUT2D eigenvalue weighted by Gasteiger charge is 2.30. The van der Waals surface area contributed by atoms with Crippen LogP contribution in [0.3, 0.4) is 0 Å². The van der Waals surface area contributed by atoms with Crippen molar-refractivity contribution in [1.29, 1.82) is 0 Å². The lowest BCUT2D eigenvalue weighted by molar-refractivity contribution is 0.0702. The summed E-state index contributed by atoms with van der Waals surface area (Å²) in [7, 11) is 0. The summed E-state index contributed by atoms with van der Waals surface area (Å²) in [5, 5.41) is 0. The van der Waals surface area contributed by atoms with Crippen molar-refractivity contribution < 1.29 is 4.79 Å². The number of aromatic nitrogens is 4. The molecule has 0 spiro atoms. The number of piperidine rings is 1. The quantitative estimate of drug-likeness (QED) is 0.734. The molecule has 2 N–H and O–H groups in total. The van der Waals surface area contributed by atoms with Gasteiger partial charge in [-0.15, -0.1) is 0 Å². The number of aryl methyl sites for hydroxylation is 1. The summed E-state index contributed by atoms with van der Waals surface area (Å²) in [5.41, 5.74) is 2.94. The summed E-state index contributed by atoms with van der Waals surface area (Å²) >= 11 is 0. The molecule has 144 valence electrons. The average Bonchev–Trinajstić information content (AvgIpc) is 3.46. The van der Waals surface area contributed by atoms with Crippen LogP contribution in [-0.4, -0.2) is 43.8 Å². The zero-order valence-corrected chi connectivity index (χ0v) is 15.9. The summed E-state index contributed by atoms with van der Waals surface area (Å²) in [6.45, 7) is 3.26. The summed E-state index contributed by atoms with van der Waals surface area (Å²) in [6.07, 6.45) is 5.42. The molecule has 1 aliphatic carbocycles. The summed E-state index contributed by atoms with van der Waals surface area (Å²) in [4.78, 5) is 42.4. The van der Waals surface area contributed by atoms with Crippen molar-refractivity contribution in [2.45, 2.75) is 44.4 Å². The van der Waals surface area contributed by atoms with Gasteiger partial charge < -0.3 is 14.9 Å². The number of H-pyrrole nitrogens is 2. The predicted molar refractivity (Wildman–Crippen MR) is 106 cm³/mol. The monoisotopic (exact) mass is 377 g/mol. The molecule has 1 aromatic carbocycles. The van der Waals surface area contributed by atoms with Gasteiger partial charge in [0.2, 0.25) is 0 Å². The van der Waals surface area contributed by atoms with E-state index >= 15 is 0 Å². The molecule has 1 amide bonds. The Kier molecular flexibility index (Phi) is 4.03. The van der Waals surface area contributed by atoms with E-state index in [2.05, 4.69) is 15.0 Å². The SMILES string of the molecule is Cc1cccc2[nH]c([C@H]3CCCN(C(=O)c4cnc(C5CC5)[nH]c4=O)C3)nc12. The number of hydrogen-bond donors (Lipinski definition) is 2. The van der Waals surface area contributed by atoms with Crippen LogP contribution in [0, 0.1) is 6.92 Å². The molecule has 2 fully saturated rings. The van der Waals surface area contributed by atoms with Crippen molar-refractivity contribution in [3.05, 3.63) is 57.5 Å². The highest BCUT2D eigenvalue weighted by molar-refractivity contribution is 5.93. The molecule has 7 heteroatoms. The van der Waals surface area contributed by atoms with Gasteiger partial charge in [-0.1, -0.05) is 12.1 Å². The van der Waals surface area contributed by atoms with Crippen LogP contribution in [0.4, 0.5) is 0 Å². The number of imidazole rings is 1. The molecule has 1 aliphatic heterocycles. The first kappa shape index (κ1) is 17.2. The van der Waals surface area contributed by atoms with E-state index in [0.717, 1.165) is 48.1 Å². The number of fused-ring (bicyclic) bond motifs is 1. The van der Waals surface area contributed by atoms with Gasteiger partial charge in [-0.05, 0) is 44.2 Å². The minimum atomic E-state index is -0.330. The molecule has 1 saturated heterocycles. The maximum Gasteiger partial charge on any atom is 0.263 e. The number of aromatic amines is 2. The second kappa shape index (κ2) is 6.58. The molecule has 3 heterocycles. The molecule has 1 atom stereocenters. The molecule has 7 nitrogen and oxygen atoms in total. The molecule has 1 saturated carbocycles. The summed E-state index contributed by atoms with van der Waals surface area (Å²) < 4.78 is 0. The number of carbonyl (C=O) groups is 1. The lowest BCUT2D eigenvalue weighted by atomic mass is 9.97. The van der Waals surface area contributed by atoms with E-state index in [0.29, 0.717) is 24.8 Å². The molecular weight excluding hydrogens is 354 g/mol. The Morgan fingerprint density at radius 1 is 1.14 bits per heavy atom. The van der Waals surface area contributed by atoms with Crippen molar-refractivity contribution in [3.63, 3.8) is 0 Å². The van der Waals surface area contributed by atoms with E-state index in [1.807, 2.05) is 25.1 Å². The molecule has 28 heavy (non-hydrogen) atoms. The maximum atomic E-state index is 13.0. The fourth-order valence-electron chi connectivity index (χ4n) is 4.07. The van der Waals surface area contributed by atoms with Crippen LogP contribution in [0.1, 0.15) is 65.1 Å². The molecule has 0 unspecified atom stereocenters. The molecule has 0 bridgehead atoms. The van der Waals surface area contributed by atoms with Crippen LogP contribution in [0.5, 0.6) is 0 Å². The highest BCUT2D eigenvalue weighted by Crippen LogP contribution is 2.37. The first-order valence-corrected chi connectivity index (χ1v) is 9.94. The maximum absolute atomic E-state index is 13.0. The fraction of sp³-hybridized carbons (Fsp3) is 0.429. The Morgan fingerprint density at radius 2 is 2.00 bits per heavy atom. The third-order valence-electron chi connectivity index (χ3n) is 5.84. The number of nitrogens with one attached hydrogen (secondary N) is 2. The largest absolute Gasteiger partial charge is 0.342 e. The van der Waals surface area contributed by atoms with Crippen LogP contribution in [0.25, 0.3) is 11.0 Å². The smallest absolute Gasteiger partial charge is 0.263 e. The van der Waals surface area contributed by atoms with E-state index in [9.17, 15) is 9.59 Å². The van der Waals surface area contributed by atoms with Gasteiger partial charge in [0.05, 0.1) is 11.0 Å². The van der Waals surface area contributed by atoms with Gasteiger partial charge in [0, 0.05) is 31.1 Å². The van der Waals surface area contributed by atoms with E-state index in [-0.39, 0.29) is 22.9 Å². The third kappa shape index (κ3) is 3.00. The number of para-hydroxylation sites is 1. The number of hydrogen-bond acceptors (Lipinski definition) is 4. The molecule has 3 aromatic rings. The number of carbonyl (C=O) groups excluding carboxylic acids is 1. The Morgan fingerprint density at radius 3 is 2.75 bits per heavy atom. The Labute approximate surface area is 162 Å². The highest BCUT2D eigenvalue weighted by atomic mass is 16.2. The lowest BCUT2D eigenvalue weighted by Gasteiger charge is -2.31. The van der Waals surface area contributed by atoms with Crippen LogP contribution in [0.2, 0.25) is 0 Å². The van der Waals surface area contributed by atoms with E-state index < -0.39 is 0 Å². The normalized spacial score (nSPS) is 19.9. The van der Waals surface area contributed by atoms with Crippen LogP contribution >= 0.6 is 0 Å². The number of nitrogens with zero attached hydrogens (tertiary/aromatic N) is 3. The van der Waals surface area contributed by atoms with Crippen molar-refractivity contribution in [2.24, 2.45) is 0 Å². The minimum absolute atomic E-state index is 0.130. The van der Waals surface area contributed by atoms with Crippen molar-refractivity contribution in [3.8, 4) is 0 Å². The predicted octanol–water partition coefficient (Wildman–Crippen LogP) is 2.85. The minimum Gasteiger partial charge on any atom is -0.342 e. The van der Waals surface area contributed by atoms with E-state index in [1.54, 1.807) is 4.90 Å². The second-order valence-electron chi connectivity index (χ2n) is 7.97. The van der Waals surface area contributed by atoms with Gasteiger partial charge in [-0.2, -0.15) is 0 Å². The Bertz CT molecular complexity index is 1110. The van der Waals surface area contributed by atoms with Gasteiger partial charge in [0.25, 0.3) is 11.5 Å². The van der Waals surface area contributed by atoms with Gasteiger partial charge in [-0.3, -0.25) is 9.59 Å². The summed E-state index contributed by atoms with van der Waals surface area (Å²) in [6, 6.07) is 6.09. The van der Waals surface area contributed by atoms with Crippen molar-refractivity contribution >= 4 is 16.9 Å². The number of amides is 1. The van der Waals surface area contributed by atoms with Crippen LogP contribution in [-0.2, 0) is 0 Å². The fourth-order valence-corrected chi connectivity index (χ4v) is 4.07. The van der Waals surface area contributed by atoms with Crippen LogP contribution < -0.4 is 5.56 Å². The summed E-state index contributed by atoms with van der Waals surface area (Å²) in [5.74, 6) is 1.87. The van der Waals surface area contributed by atoms with E-state index in [4.69, 9.17) is 4.98 Å². The number of rotatable bonds is 3. The van der Waals surface area contributed by atoms with Gasteiger partial charge in [0.1, 0.15) is 17.2 Å². The lowest BCUT2D eigenvalue weighted by Crippen LogP contribution is -2.41. The Balaban J connectivity index is 1.38. The van der Waals surface area contributed by atoms with Crippen molar-refractivity contribution in [2.75, 3.05) is 13.1 Å². The first-order valence-electron chi connectivity index (χ1n) is 9.94. The second-order valence-corrected chi connectivity index (χ2v) is 7.97. The average molecular weight is 377 g/mol. The zero-order chi connectivity index (χ0) is 19.3. The van der Waals surface area contributed by atoms with Gasteiger partial charge >= 0.3 is 0 Å². The topological polar surface area (TPSA) is 94.7 Å². The van der Waals surface area contributed by atoms with Gasteiger partial charge in [0.15, 0.2) is 0 Å². The van der Waals surface area contributed by atoms with E-state index in [1.165, 1.54) is 6.20 Å². The van der Waals surface area contributed by atoms with Crippen molar-refractivity contribution in [1.82, 2.24) is 24.8 Å². The zero-order valence-electron chi connectivity index (χ0n) is 15.9. The third-order valence-corrected chi connectivity index (χ3v) is 5.84. The molecule has 2 aromatic heterocycles. The molecule has 5 rings (SSSR count). The van der Waals surface area contributed by atoms with Gasteiger partial charge in [-0.25, -0.2) is 9.97 Å². The molecular formula is C21H23N5O2. The number of benzene rings is 1. The first-order chi connectivity index (χ1) is 13.6.